The summed E-state index contributed by atoms with van der Waals surface area (Å²) in [6, 6.07) is 66.6. The molecule has 0 aromatic heterocycles. The van der Waals surface area contributed by atoms with E-state index in [1.54, 1.807) is 0 Å². The third-order valence-corrected chi connectivity index (χ3v) is 11.5. The molecule has 0 amide bonds. The summed E-state index contributed by atoms with van der Waals surface area (Å²) in [6.07, 6.45) is 4.02. The van der Waals surface area contributed by atoms with Crippen LogP contribution in [0.3, 0.4) is 0 Å². The van der Waals surface area contributed by atoms with E-state index in [2.05, 4.69) is 196 Å². The number of benzene rings is 10. The zero-order valence-electron chi connectivity index (χ0n) is 31.1. The average Bonchev–Trinajstić information content (AvgIpc) is 3.24. The lowest BCUT2D eigenvalue weighted by Gasteiger charge is -2.18. The molecule has 0 saturated carbocycles. The van der Waals surface area contributed by atoms with Gasteiger partial charge in [-0.05, 0) is 130 Å². The topological polar surface area (TPSA) is 0 Å². The van der Waals surface area contributed by atoms with Crippen LogP contribution in [0.25, 0.3) is 64.6 Å². The van der Waals surface area contributed by atoms with Crippen LogP contribution in [0, 0.1) is 0 Å². The molecule has 0 heteroatoms. The van der Waals surface area contributed by atoms with Crippen molar-refractivity contribution in [2.75, 3.05) is 0 Å². The Morgan fingerprint density at radius 2 is 0.648 bits per heavy atom. The molecule has 260 valence electrons. The molecule has 0 unspecified atom stereocenters. The van der Waals surface area contributed by atoms with E-state index in [1.807, 2.05) is 0 Å². The average molecular weight is 693 g/mol. The van der Waals surface area contributed by atoms with Gasteiger partial charge in [0.15, 0.2) is 0 Å². The minimum atomic E-state index is 0.923. The summed E-state index contributed by atoms with van der Waals surface area (Å²) in [4.78, 5) is 0. The number of hydrogen-bond acceptors (Lipinski definition) is 0. The van der Waals surface area contributed by atoms with Gasteiger partial charge in [-0.2, -0.15) is 0 Å². The molecule has 0 aliphatic heterocycles. The zero-order chi connectivity index (χ0) is 36.4. The molecule has 0 aliphatic rings. The molecule has 0 saturated heterocycles. The highest BCUT2D eigenvalue weighted by Crippen LogP contribution is 2.38. The molecule has 0 bridgehead atoms. The maximum Gasteiger partial charge on any atom is -0.000112 e. The second kappa shape index (κ2) is 14.6. The van der Waals surface area contributed by atoms with E-state index < -0.39 is 0 Å². The summed E-state index contributed by atoms with van der Waals surface area (Å²) in [7, 11) is 0. The largest absolute Gasteiger partial charge is 0.0616 e. The van der Waals surface area contributed by atoms with Crippen molar-refractivity contribution in [3.8, 4) is 0 Å². The van der Waals surface area contributed by atoms with Crippen LogP contribution in [-0.4, -0.2) is 0 Å². The van der Waals surface area contributed by atoms with Crippen molar-refractivity contribution >= 4 is 64.6 Å². The van der Waals surface area contributed by atoms with Gasteiger partial charge < -0.3 is 0 Å². The van der Waals surface area contributed by atoms with Crippen molar-refractivity contribution in [2.24, 2.45) is 0 Å². The molecular formula is C54H44. The maximum atomic E-state index is 2.32. The maximum absolute atomic E-state index is 2.32. The van der Waals surface area contributed by atoms with Crippen molar-refractivity contribution in [2.45, 2.75) is 39.5 Å². The molecule has 54 heavy (non-hydrogen) atoms. The molecule has 0 atom stereocenters. The Morgan fingerprint density at radius 1 is 0.259 bits per heavy atom. The van der Waals surface area contributed by atoms with Gasteiger partial charge in [-0.15, -0.1) is 0 Å². The van der Waals surface area contributed by atoms with Crippen molar-refractivity contribution in [1.82, 2.24) is 0 Å². The van der Waals surface area contributed by atoms with Crippen LogP contribution in [0.15, 0.2) is 182 Å². The van der Waals surface area contributed by atoms with E-state index in [9.17, 15) is 0 Å². The van der Waals surface area contributed by atoms with Crippen molar-refractivity contribution in [3.05, 3.63) is 215 Å². The second-order valence-corrected chi connectivity index (χ2v) is 14.5. The van der Waals surface area contributed by atoms with Crippen LogP contribution >= 0.6 is 0 Å². The molecule has 0 nitrogen and oxygen atoms in total. The number of fused-ring (bicyclic) bond motifs is 6. The van der Waals surface area contributed by atoms with Gasteiger partial charge in [0.1, 0.15) is 0 Å². The first-order valence-electron chi connectivity index (χ1n) is 19.5. The van der Waals surface area contributed by atoms with Crippen LogP contribution < -0.4 is 0 Å². The molecule has 10 rings (SSSR count). The number of rotatable bonds is 6. The second-order valence-electron chi connectivity index (χ2n) is 14.5. The highest BCUT2D eigenvalue weighted by atomic mass is 14.2. The molecular weight excluding hydrogens is 649 g/mol. The molecule has 0 heterocycles. The lowest BCUT2D eigenvalue weighted by atomic mass is 9.86. The summed E-state index contributed by atoms with van der Waals surface area (Å²) in [5.41, 5.74) is 8.56. The Kier molecular flexibility index (Phi) is 9.11. The lowest BCUT2D eigenvalue weighted by Crippen LogP contribution is -1.98. The van der Waals surface area contributed by atoms with Crippen LogP contribution in [-0.2, 0) is 25.7 Å². The number of aryl methyl sites for hydroxylation is 2. The summed E-state index contributed by atoms with van der Waals surface area (Å²) in [5, 5.41) is 16.4. The van der Waals surface area contributed by atoms with E-state index in [1.165, 1.54) is 98.0 Å². The molecule has 10 aromatic rings. The highest BCUT2D eigenvalue weighted by molar-refractivity contribution is 6.08. The van der Waals surface area contributed by atoms with Gasteiger partial charge in [0.05, 0.1) is 0 Å². The van der Waals surface area contributed by atoms with E-state index in [4.69, 9.17) is 0 Å². The highest BCUT2D eigenvalue weighted by Gasteiger charge is 2.16. The predicted molar refractivity (Wildman–Crippen MR) is 235 cm³/mol. The standard InChI is InChI=1S/C31H24.C23H20/c1-2-23-26-15-7-9-17-28(26)31(29-18-10-8-16-27(23)29)20-30-24-13-5-3-11-21(24)19-22-12-4-6-14-25(22)30;1-2-17-14-15-20(23-13-6-5-12-22(17)23)16-19-10-7-9-18-8-3-4-11-21(18)19/h3-19H,2,20H2,1H3;3-15H,2,16H2,1H3. The van der Waals surface area contributed by atoms with Gasteiger partial charge in [0, 0.05) is 0 Å². The minimum Gasteiger partial charge on any atom is -0.0616 e. The molecule has 0 radical (unpaired) electrons. The molecule has 10 aromatic carbocycles. The van der Waals surface area contributed by atoms with Crippen LogP contribution in [0.5, 0.6) is 0 Å². The first-order chi connectivity index (χ1) is 26.7. The van der Waals surface area contributed by atoms with Crippen molar-refractivity contribution in [3.63, 3.8) is 0 Å². The SMILES string of the molecule is CCc1c2ccccc2c(Cc2c3ccccc3cc3ccccc23)c2ccccc12.CCc1ccc(Cc2cccc3ccccc23)c2ccccc12. The fourth-order valence-electron chi connectivity index (χ4n) is 8.89. The van der Waals surface area contributed by atoms with Crippen molar-refractivity contribution in [1.29, 1.82) is 0 Å². The van der Waals surface area contributed by atoms with Gasteiger partial charge in [0.2, 0.25) is 0 Å². The summed E-state index contributed by atoms with van der Waals surface area (Å²) >= 11 is 0. The van der Waals surface area contributed by atoms with Gasteiger partial charge in [-0.1, -0.05) is 190 Å². The summed E-state index contributed by atoms with van der Waals surface area (Å²) < 4.78 is 0. The van der Waals surface area contributed by atoms with Gasteiger partial charge in [-0.3, -0.25) is 0 Å². The third kappa shape index (κ3) is 6.08. The van der Waals surface area contributed by atoms with Gasteiger partial charge in [0.25, 0.3) is 0 Å². The smallest absolute Gasteiger partial charge is 0.000112 e. The van der Waals surface area contributed by atoms with Gasteiger partial charge >= 0.3 is 0 Å². The summed E-state index contributed by atoms with van der Waals surface area (Å²) in [6.45, 7) is 4.50. The normalized spacial score (nSPS) is 11.4. The Labute approximate surface area is 318 Å². The molecule has 0 aliphatic carbocycles. The van der Waals surface area contributed by atoms with E-state index in [-0.39, 0.29) is 0 Å². The van der Waals surface area contributed by atoms with Crippen LogP contribution in [0.1, 0.15) is 47.2 Å². The Hall–Kier alpha value is -6.24. The first kappa shape index (κ1) is 33.6. The van der Waals surface area contributed by atoms with E-state index >= 15 is 0 Å². The Morgan fingerprint density at radius 3 is 1.20 bits per heavy atom. The molecule has 0 N–H and O–H groups in total. The third-order valence-electron chi connectivity index (χ3n) is 11.5. The fourth-order valence-corrected chi connectivity index (χ4v) is 8.89. The first-order valence-corrected chi connectivity index (χ1v) is 19.5. The Balaban J connectivity index is 0.000000149. The zero-order valence-corrected chi connectivity index (χ0v) is 31.1. The van der Waals surface area contributed by atoms with E-state index in [0.717, 1.165) is 25.7 Å². The molecule has 0 spiro atoms. The van der Waals surface area contributed by atoms with Crippen LogP contribution in [0.2, 0.25) is 0 Å². The summed E-state index contributed by atoms with van der Waals surface area (Å²) in [5.74, 6) is 0. The van der Waals surface area contributed by atoms with Crippen LogP contribution in [0.4, 0.5) is 0 Å². The lowest BCUT2D eigenvalue weighted by molar-refractivity contribution is 1.15. The number of hydrogen-bond donors (Lipinski definition) is 0. The predicted octanol–water partition coefficient (Wildman–Crippen LogP) is 14.6. The Bertz CT molecular complexity index is 2850. The van der Waals surface area contributed by atoms with Gasteiger partial charge in [-0.25, -0.2) is 0 Å². The monoisotopic (exact) mass is 692 g/mol. The quantitative estimate of drug-likeness (QED) is 0.152. The minimum absolute atomic E-state index is 0.923. The fraction of sp³-hybridized carbons (Fsp3) is 0.111. The van der Waals surface area contributed by atoms with Crippen molar-refractivity contribution < 1.29 is 0 Å². The van der Waals surface area contributed by atoms with E-state index in [0.29, 0.717) is 0 Å². The molecule has 0 fully saturated rings.